The second-order valence-corrected chi connectivity index (χ2v) is 5.51. The summed E-state index contributed by atoms with van der Waals surface area (Å²) < 4.78 is 5.73. The first-order valence-corrected chi connectivity index (χ1v) is 6.79. The third-order valence-corrected chi connectivity index (χ3v) is 3.91. The molecule has 0 bridgehead atoms. The van der Waals surface area contributed by atoms with E-state index in [1.165, 1.54) is 19.3 Å². The highest BCUT2D eigenvalue weighted by molar-refractivity contribution is 4.82. The lowest BCUT2D eigenvalue weighted by atomic mass is 9.85. The summed E-state index contributed by atoms with van der Waals surface area (Å²) in [4.78, 5) is 0. The van der Waals surface area contributed by atoms with Crippen molar-refractivity contribution in [3.63, 3.8) is 0 Å². The molecule has 1 aliphatic heterocycles. The largest absolute Gasteiger partial charge is 0.387 e. The maximum atomic E-state index is 10.3. The van der Waals surface area contributed by atoms with E-state index >= 15 is 0 Å². The number of nitrogens with one attached hydrogen (secondary N) is 1. The van der Waals surface area contributed by atoms with Crippen molar-refractivity contribution >= 4 is 0 Å². The van der Waals surface area contributed by atoms with Gasteiger partial charge >= 0.3 is 0 Å². The molecule has 1 atom stereocenters. The molecule has 16 heavy (non-hydrogen) atoms. The number of rotatable bonds is 4. The van der Waals surface area contributed by atoms with Crippen molar-refractivity contribution in [1.82, 2.24) is 5.32 Å². The van der Waals surface area contributed by atoms with Crippen LogP contribution >= 0.6 is 0 Å². The van der Waals surface area contributed by atoms with Gasteiger partial charge < -0.3 is 15.2 Å². The Morgan fingerprint density at radius 3 is 2.69 bits per heavy atom. The fraction of sp³-hybridized carbons (Fsp3) is 1.00. The van der Waals surface area contributed by atoms with Crippen molar-refractivity contribution in [3.05, 3.63) is 0 Å². The van der Waals surface area contributed by atoms with E-state index in [0.29, 0.717) is 12.5 Å². The number of hydrogen-bond donors (Lipinski definition) is 2. The Bertz CT molecular complexity index is 196. The highest BCUT2D eigenvalue weighted by Crippen LogP contribution is 2.28. The molecule has 2 rings (SSSR count). The molecule has 2 N–H and O–H groups in total. The Kier molecular flexibility index (Phi) is 4.62. The van der Waals surface area contributed by atoms with Gasteiger partial charge in [-0.1, -0.05) is 19.3 Å². The molecule has 1 unspecified atom stereocenters. The van der Waals surface area contributed by atoms with Crippen molar-refractivity contribution in [1.29, 1.82) is 0 Å². The smallest absolute Gasteiger partial charge is 0.0880 e. The first-order valence-electron chi connectivity index (χ1n) is 6.79. The van der Waals surface area contributed by atoms with Crippen LogP contribution in [0.3, 0.4) is 0 Å². The standard InChI is InChI=1S/C13H25NO2/c15-13(6-2-1-3-7-13)11-16-10-12-5-4-8-14-9-12/h12,14-15H,1-11H2. The molecule has 0 aromatic heterocycles. The molecular weight excluding hydrogens is 202 g/mol. The summed E-state index contributed by atoms with van der Waals surface area (Å²) in [7, 11) is 0. The Labute approximate surface area is 98.6 Å². The van der Waals surface area contributed by atoms with Gasteiger partial charge in [0.05, 0.1) is 18.8 Å². The highest BCUT2D eigenvalue weighted by atomic mass is 16.5. The zero-order chi connectivity index (χ0) is 11.3. The van der Waals surface area contributed by atoms with E-state index < -0.39 is 5.60 Å². The molecule has 3 nitrogen and oxygen atoms in total. The maximum Gasteiger partial charge on any atom is 0.0880 e. The van der Waals surface area contributed by atoms with Gasteiger partial charge in [-0.3, -0.25) is 0 Å². The zero-order valence-electron chi connectivity index (χ0n) is 10.2. The molecule has 0 amide bonds. The van der Waals surface area contributed by atoms with Crippen molar-refractivity contribution in [3.8, 4) is 0 Å². The van der Waals surface area contributed by atoms with Crippen LogP contribution in [-0.2, 0) is 4.74 Å². The quantitative estimate of drug-likeness (QED) is 0.768. The summed E-state index contributed by atoms with van der Waals surface area (Å²) in [5.41, 5.74) is -0.514. The molecule has 2 fully saturated rings. The molecule has 0 aromatic rings. The number of hydrogen-bond acceptors (Lipinski definition) is 3. The molecular formula is C13H25NO2. The molecule has 1 aliphatic carbocycles. The molecule has 1 saturated heterocycles. The van der Waals surface area contributed by atoms with Crippen LogP contribution in [0.4, 0.5) is 0 Å². The predicted molar refractivity (Wildman–Crippen MR) is 64.4 cm³/mol. The van der Waals surface area contributed by atoms with Crippen LogP contribution in [0, 0.1) is 5.92 Å². The van der Waals surface area contributed by atoms with Crippen LogP contribution in [0.25, 0.3) is 0 Å². The van der Waals surface area contributed by atoms with Crippen LogP contribution in [0.2, 0.25) is 0 Å². The SMILES string of the molecule is OC1(COCC2CCCNC2)CCCCC1. The molecule has 1 heterocycles. The third kappa shape index (κ3) is 3.72. The van der Waals surface area contributed by atoms with E-state index in [-0.39, 0.29) is 0 Å². The van der Waals surface area contributed by atoms with Crippen LogP contribution in [0.5, 0.6) is 0 Å². The summed E-state index contributed by atoms with van der Waals surface area (Å²) >= 11 is 0. The first-order chi connectivity index (χ1) is 7.79. The second kappa shape index (κ2) is 5.99. The minimum atomic E-state index is -0.514. The van der Waals surface area contributed by atoms with Crippen LogP contribution in [0.1, 0.15) is 44.9 Å². The van der Waals surface area contributed by atoms with E-state index in [9.17, 15) is 5.11 Å². The molecule has 0 radical (unpaired) electrons. The fourth-order valence-electron chi connectivity index (χ4n) is 2.84. The zero-order valence-corrected chi connectivity index (χ0v) is 10.2. The molecule has 0 aromatic carbocycles. The second-order valence-electron chi connectivity index (χ2n) is 5.51. The fourth-order valence-corrected chi connectivity index (χ4v) is 2.84. The summed E-state index contributed by atoms with van der Waals surface area (Å²) in [6.07, 6.45) is 7.97. The van der Waals surface area contributed by atoms with Gasteiger partial charge in [-0.2, -0.15) is 0 Å². The topological polar surface area (TPSA) is 41.5 Å². The van der Waals surface area contributed by atoms with Gasteiger partial charge in [0.2, 0.25) is 0 Å². The van der Waals surface area contributed by atoms with Gasteiger partial charge in [0.25, 0.3) is 0 Å². The molecule has 2 aliphatic rings. The molecule has 94 valence electrons. The van der Waals surface area contributed by atoms with Gasteiger partial charge in [0.1, 0.15) is 0 Å². The summed E-state index contributed by atoms with van der Waals surface area (Å²) in [5.74, 6) is 0.654. The minimum absolute atomic E-state index is 0.514. The first kappa shape index (κ1) is 12.3. The summed E-state index contributed by atoms with van der Waals surface area (Å²) in [6, 6.07) is 0. The Morgan fingerprint density at radius 2 is 2.00 bits per heavy atom. The van der Waals surface area contributed by atoms with Gasteiger partial charge in [-0.25, -0.2) is 0 Å². The monoisotopic (exact) mass is 227 g/mol. The van der Waals surface area contributed by atoms with E-state index in [0.717, 1.165) is 45.4 Å². The van der Waals surface area contributed by atoms with Crippen molar-refractivity contribution in [2.45, 2.75) is 50.5 Å². The molecule has 1 saturated carbocycles. The summed E-state index contributed by atoms with van der Waals surface area (Å²) in [5, 5.41) is 13.7. The van der Waals surface area contributed by atoms with E-state index in [4.69, 9.17) is 4.74 Å². The minimum Gasteiger partial charge on any atom is -0.387 e. The Balaban J connectivity index is 1.62. The highest BCUT2D eigenvalue weighted by Gasteiger charge is 2.29. The third-order valence-electron chi connectivity index (χ3n) is 3.91. The van der Waals surface area contributed by atoms with E-state index in [1.807, 2.05) is 0 Å². The lowest BCUT2D eigenvalue weighted by Gasteiger charge is -2.32. The molecule has 3 heteroatoms. The van der Waals surface area contributed by atoms with Crippen LogP contribution in [0.15, 0.2) is 0 Å². The lowest BCUT2D eigenvalue weighted by Crippen LogP contribution is -2.38. The number of aliphatic hydroxyl groups is 1. The number of piperidine rings is 1. The van der Waals surface area contributed by atoms with Gasteiger partial charge in [-0.15, -0.1) is 0 Å². The van der Waals surface area contributed by atoms with E-state index in [1.54, 1.807) is 0 Å². The maximum absolute atomic E-state index is 10.3. The normalized spacial score (nSPS) is 30.2. The predicted octanol–water partition coefficient (Wildman–Crippen LogP) is 1.70. The van der Waals surface area contributed by atoms with Gasteiger partial charge in [0.15, 0.2) is 0 Å². The van der Waals surface area contributed by atoms with Gasteiger partial charge in [0, 0.05) is 6.54 Å². The average molecular weight is 227 g/mol. The van der Waals surface area contributed by atoms with Gasteiger partial charge in [-0.05, 0) is 38.1 Å². The van der Waals surface area contributed by atoms with Crippen LogP contribution < -0.4 is 5.32 Å². The Hall–Kier alpha value is -0.120. The lowest BCUT2D eigenvalue weighted by molar-refractivity contribution is -0.0754. The van der Waals surface area contributed by atoms with Crippen molar-refractivity contribution in [2.75, 3.05) is 26.3 Å². The van der Waals surface area contributed by atoms with E-state index in [2.05, 4.69) is 5.32 Å². The summed E-state index contributed by atoms with van der Waals surface area (Å²) in [6.45, 7) is 3.59. The van der Waals surface area contributed by atoms with Crippen molar-refractivity contribution in [2.24, 2.45) is 5.92 Å². The average Bonchev–Trinajstić information content (AvgIpc) is 2.31. The number of ether oxygens (including phenoxy) is 1. The van der Waals surface area contributed by atoms with Crippen molar-refractivity contribution < 1.29 is 9.84 Å². The molecule has 0 spiro atoms. The van der Waals surface area contributed by atoms with Crippen LogP contribution in [-0.4, -0.2) is 37.0 Å². The Morgan fingerprint density at radius 1 is 1.19 bits per heavy atom.